The molecule has 2 aliphatic rings. The summed E-state index contributed by atoms with van der Waals surface area (Å²) in [6, 6.07) is 67.4. The number of benzene rings is 9. The Kier molecular flexibility index (Phi) is 11.1. The zero-order valence-corrected chi connectivity index (χ0v) is 51.7. The van der Waals surface area contributed by atoms with E-state index >= 15 is 0 Å². The normalized spacial score (nSPS) is 13.5. The van der Waals surface area contributed by atoms with Gasteiger partial charge in [-0.05, 0) is 167 Å². The van der Waals surface area contributed by atoms with Gasteiger partial charge in [0.2, 0.25) is 0 Å². The topological polar surface area (TPSA) is 59.0 Å². The largest absolute Gasteiger partial charge is 0.464 e. The number of rotatable bonds is 6. The van der Waals surface area contributed by atoms with Crippen LogP contribution >= 0.6 is 22.7 Å². The van der Waals surface area contributed by atoms with Crippen LogP contribution in [-0.4, -0.2) is 6.71 Å². The number of furan rings is 4. The molecule has 8 heterocycles. The summed E-state index contributed by atoms with van der Waals surface area (Å²) >= 11 is 3.82. The summed E-state index contributed by atoms with van der Waals surface area (Å²) in [4.78, 5) is 5.27. The van der Waals surface area contributed by atoms with E-state index in [1.165, 1.54) is 63.3 Å². The number of para-hydroxylation sites is 4. The number of hydrogen-bond donors (Lipinski definition) is 0. The Hall–Kier alpha value is -9.28. The fourth-order valence-corrected chi connectivity index (χ4v) is 16.3. The lowest BCUT2D eigenvalue weighted by molar-refractivity contribution is 0.590. The van der Waals surface area contributed by atoms with E-state index in [1.54, 1.807) is 0 Å². The van der Waals surface area contributed by atoms with Crippen LogP contribution in [0.3, 0.4) is 0 Å². The van der Waals surface area contributed by atoms with Crippen molar-refractivity contribution < 1.29 is 17.7 Å². The van der Waals surface area contributed by atoms with Gasteiger partial charge in [-0.25, -0.2) is 0 Å². The van der Waals surface area contributed by atoms with Crippen molar-refractivity contribution in [1.82, 2.24) is 0 Å². The molecule has 0 N–H and O–H groups in total. The molecule has 0 amide bonds. The van der Waals surface area contributed by atoms with Crippen molar-refractivity contribution in [1.29, 1.82) is 0 Å². The van der Waals surface area contributed by atoms with Crippen LogP contribution in [0.25, 0.3) is 109 Å². The fourth-order valence-electron chi connectivity index (χ4n) is 13.8. The standard InChI is InChI=1S/C78H61BN2O4S2/c1-76(2,3)48-26-28-69-57(36-48)71-74(86-69)80(51-32-44(59-40-82-65-22-14-10-18-53(59)65)30-45(33-51)60-41-83-66-23-15-11-19-54(60)66)63-38-50(78(7,8)9)39-64-73(63)79(71)72-58-37-49(77(4,5)6)27-29-70(58)87-75(72)81(64)52-34-46(61-42-84-67-24-16-12-20-55(61)67)31-47(35-52)62-43-85-68-25-17-13-21-56(62)68/h10-43H,1-9H3. The van der Waals surface area contributed by atoms with Crippen LogP contribution in [0.5, 0.6) is 0 Å². The lowest BCUT2D eigenvalue weighted by Crippen LogP contribution is -2.60. The third-order valence-corrected chi connectivity index (χ3v) is 20.8. The fraction of sp³-hybridized carbons (Fsp3) is 0.154. The van der Waals surface area contributed by atoms with Gasteiger partial charge in [0.05, 0.1) is 35.1 Å². The number of hydrogen-bond acceptors (Lipinski definition) is 8. The summed E-state index contributed by atoms with van der Waals surface area (Å²) in [5.41, 5.74) is 23.6. The van der Waals surface area contributed by atoms with Crippen molar-refractivity contribution >= 4 is 143 Å². The highest BCUT2D eigenvalue weighted by Crippen LogP contribution is 2.54. The first kappa shape index (κ1) is 52.1. The van der Waals surface area contributed by atoms with Crippen LogP contribution in [0, 0.1) is 0 Å². The number of fused-ring (bicyclic) bond motifs is 12. The molecule has 0 unspecified atom stereocenters. The van der Waals surface area contributed by atoms with Crippen molar-refractivity contribution in [3.05, 3.63) is 224 Å². The maximum absolute atomic E-state index is 6.39. The summed E-state index contributed by atoms with van der Waals surface area (Å²) in [5.74, 6) is 0. The van der Waals surface area contributed by atoms with Gasteiger partial charge in [-0.15, -0.1) is 22.7 Å². The van der Waals surface area contributed by atoms with E-state index in [4.69, 9.17) is 17.7 Å². The van der Waals surface area contributed by atoms with Crippen LogP contribution in [0.2, 0.25) is 0 Å². The van der Waals surface area contributed by atoms with Gasteiger partial charge < -0.3 is 27.5 Å². The Labute approximate surface area is 513 Å². The Morgan fingerprint density at radius 3 is 0.966 bits per heavy atom. The lowest BCUT2D eigenvalue weighted by Gasteiger charge is -2.43. The molecule has 15 aromatic rings. The molecule has 2 aliphatic heterocycles. The maximum atomic E-state index is 6.39. The summed E-state index contributed by atoms with van der Waals surface area (Å²) < 4.78 is 28.1. The molecule has 0 saturated carbocycles. The van der Waals surface area contributed by atoms with Crippen LogP contribution in [-0.2, 0) is 16.2 Å². The molecule has 0 fully saturated rings. The molecule has 87 heavy (non-hydrogen) atoms. The number of thiophene rings is 2. The molecule has 0 spiro atoms. The molecule has 17 rings (SSSR count). The highest BCUT2D eigenvalue weighted by molar-refractivity contribution is 7.29. The molecule has 6 nitrogen and oxygen atoms in total. The minimum atomic E-state index is -0.265. The Morgan fingerprint density at radius 2 is 0.644 bits per heavy atom. The van der Waals surface area contributed by atoms with Crippen molar-refractivity contribution in [2.24, 2.45) is 0 Å². The number of anilines is 6. The van der Waals surface area contributed by atoms with E-state index in [9.17, 15) is 0 Å². The predicted octanol–water partition coefficient (Wildman–Crippen LogP) is 21.7. The smallest absolute Gasteiger partial charge is 0.256 e. The van der Waals surface area contributed by atoms with E-state index in [0.717, 1.165) is 111 Å². The second kappa shape index (κ2) is 18.6. The summed E-state index contributed by atoms with van der Waals surface area (Å²) in [5, 5.41) is 9.29. The van der Waals surface area contributed by atoms with Crippen molar-refractivity contribution in [2.45, 2.75) is 78.6 Å². The first-order valence-electron chi connectivity index (χ1n) is 30.1. The minimum Gasteiger partial charge on any atom is -0.464 e. The van der Waals surface area contributed by atoms with Crippen LogP contribution in [0.4, 0.5) is 32.8 Å². The minimum absolute atomic E-state index is 0.0967. The molecule has 422 valence electrons. The molecule has 9 heteroatoms. The van der Waals surface area contributed by atoms with Crippen molar-refractivity contribution in [2.75, 3.05) is 9.80 Å². The highest BCUT2D eigenvalue weighted by atomic mass is 32.1. The van der Waals surface area contributed by atoms with Gasteiger partial charge in [0, 0.05) is 75.9 Å². The summed E-state index contributed by atoms with van der Waals surface area (Å²) in [6.07, 6.45) is 7.73. The van der Waals surface area contributed by atoms with Gasteiger partial charge in [0.1, 0.15) is 22.3 Å². The Bertz CT molecular complexity index is 4840. The average molecular weight is 1170 g/mol. The maximum Gasteiger partial charge on any atom is 0.256 e. The van der Waals surface area contributed by atoms with Gasteiger partial charge >= 0.3 is 0 Å². The molecule has 6 aromatic heterocycles. The number of nitrogens with zero attached hydrogens (tertiary/aromatic N) is 2. The second-order valence-corrected chi connectivity index (χ2v) is 29.0. The quantitative estimate of drug-likeness (QED) is 0.155. The average Bonchev–Trinajstić information content (AvgIpc) is 1.65. The first-order valence-corrected chi connectivity index (χ1v) is 31.7. The predicted molar refractivity (Wildman–Crippen MR) is 368 cm³/mol. The molecule has 0 atom stereocenters. The summed E-state index contributed by atoms with van der Waals surface area (Å²) in [6.45, 7) is 21.0. The van der Waals surface area contributed by atoms with Crippen LogP contribution in [0.15, 0.2) is 225 Å². The van der Waals surface area contributed by atoms with E-state index in [-0.39, 0.29) is 23.0 Å². The van der Waals surface area contributed by atoms with Gasteiger partial charge in [0.25, 0.3) is 6.71 Å². The molecular formula is C78H61BN2O4S2. The monoisotopic (exact) mass is 1160 g/mol. The SMILES string of the molecule is CC(C)(C)c1cc2c3c(c1)N(c1cc(-c4coc5ccccc45)cc(-c4coc5ccccc45)c1)c1sc4ccc(C(C)(C)C)cc4c1B3c1c(sc3ccc(C(C)(C)C)cc13)N2c1cc(-c2coc3ccccc23)cc(-c2coc3ccccc23)c1. The van der Waals surface area contributed by atoms with E-state index in [0.29, 0.717) is 0 Å². The molecule has 0 aliphatic carbocycles. The van der Waals surface area contributed by atoms with Gasteiger partial charge in [-0.2, -0.15) is 0 Å². The molecule has 0 radical (unpaired) electrons. The Morgan fingerprint density at radius 1 is 0.322 bits per heavy atom. The van der Waals surface area contributed by atoms with Gasteiger partial charge in [0.15, 0.2) is 0 Å². The highest BCUT2D eigenvalue weighted by Gasteiger charge is 2.48. The second-order valence-electron chi connectivity index (χ2n) is 27.0. The third kappa shape index (κ3) is 8.05. The molecule has 0 bridgehead atoms. The van der Waals surface area contributed by atoms with Crippen LogP contribution in [0.1, 0.15) is 79.0 Å². The third-order valence-electron chi connectivity index (χ3n) is 18.4. The Balaban J connectivity index is 1.02. The zero-order valence-electron chi connectivity index (χ0n) is 50.1. The zero-order chi connectivity index (χ0) is 59.0. The van der Waals surface area contributed by atoms with E-state index in [1.807, 2.05) is 72.0 Å². The molecule has 9 aromatic carbocycles. The summed E-state index contributed by atoms with van der Waals surface area (Å²) in [7, 11) is 0. The van der Waals surface area contributed by atoms with Crippen LogP contribution < -0.4 is 26.2 Å². The van der Waals surface area contributed by atoms with Gasteiger partial charge in [-0.1, -0.05) is 159 Å². The molecule has 0 saturated heterocycles. The van der Waals surface area contributed by atoms with Crippen molar-refractivity contribution in [3.8, 4) is 44.5 Å². The first-order chi connectivity index (χ1) is 42.0. The van der Waals surface area contributed by atoms with E-state index < -0.39 is 0 Å². The lowest BCUT2D eigenvalue weighted by atomic mass is 9.33. The van der Waals surface area contributed by atoms with Crippen molar-refractivity contribution in [3.63, 3.8) is 0 Å². The van der Waals surface area contributed by atoms with Gasteiger partial charge in [-0.3, -0.25) is 0 Å². The van der Waals surface area contributed by atoms with E-state index in [2.05, 4.69) is 230 Å². The molecular weight excluding hydrogens is 1100 g/mol.